The van der Waals surface area contributed by atoms with Gasteiger partial charge < -0.3 is 10.1 Å². The largest absolute Gasteiger partial charge is 0.378 e. The van der Waals surface area contributed by atoms with Crippen LogP contribution in [0.1, 0.15) is 36.3 Å². The number of ether oxygens (including phenoxy) is 1. The summed E-state index contributed by atoms with van der Waals surface area (Å²) >= 11 is 0. The molecule has 1 atom stereocenters. The topological polar surface area (TPSA) is 79.9 Å². The molecule has 0 bridgehead atoms. The molecule has 0 aromatic carbocycles. The Morgan fingerprint density at radius 2 is 2.56 bits per heavy atom. The van der Waals surface area contributed by atoms with Gasteiger partial charge in [-0.1, -0.05) is 0 Å². The van der Waals surface area contributed by atoms with Gasteiger partial charge in [0.15, 0.2) is 0 Å². The minimum atomic E-state index is -0.215. The quantitative estimate of drug-likeness (QED) is 0.780. The Morgan fingerprint density at radius 1 is 1.62 bits per heavy atom. The van der Waals surface area contributed by atoms with Gasteiger partial charge in [0.05, 0.1) is 6.10 Å². The number of carbonyl (C=O) groups excluding carboxylic acids is 1. The molecule has 0 aliphatic carbocycles. The number of hydrogen-bond donors (Lipinski definition) is 2. The highest BCUT2D eigenvalue weighted by Gasteiger charge is 2.14. The second-order valence-electron chi connectivity index (χ2n) is 3.87. The fourth-order valence-corrected chi connectivity index (χ4v) is 1.78. The van der Waals surface area contributed by atoms with Crippen LogP contribution in [0.2, 0.25) is 0 Å². The number of hydrogen-bond acceptors (Lipinski definition) is 4. The van der Waals surface area contributed by atoms with E-state index in [0.29, 0.717) is 12.6 Å². The summed E-state index contributed by atoms with van der Waals surface area (Å²) in [7, 11) is 0. The molecule has 6 nitrogen and oxygen atoms in total. The molecule has 1 unspecified atom stereocenters. The average Bonchev–Trinajstić information content (AvgIpc) is 2.84. The first-order valence-corrected chi connectivity index (χ1v) is 5.61. The zero-order valence-corrected chi connectivity index (χ0v) is 9.11. The van der Waals surface area contributed by atoms with Gasteiger partial charge in [-0.25, -0.2) is 4.98 Å². The van der Waals surface area contributed by atoms with Crippen molar-refractivity contribution in [1.82, 2.24) is 20.5 Å². The van der Waals surface area contributed by atoms with E-state index in [-0.39, 0.29) is 11.7 Å². The van der Waals surface area contributed by atoms with Crippen LogP contribution in [0.15, 0.2) is 6.33 Å². The van der Waals surface area contributed by atoms with E-state index in [1.54, 1.807) is 0 Å². The number of nitrogens with zero attached hydrogens (tertiary/aromatic N) is 2. The molecule has 88 valence electrons. The van der Waals surface area contributed by atoms with Gasteiger partial charge in [0, 0.05) is 13.2 Å². The molecule has 6 heteroatoms. The van der Waals surface area contributed by atoms with Gasteiger partial charge in [-0.3, -0.25) is 9.89 Å². The summed E-state index contributed by atoms with van der Waals surface area (Å²) in [5.74, 6) is 0.0397. The summed E-state index contributed by atoms with van der Waals surface area (Å²) in [5.41, 5.74) is 0. The van der Waals surface area contributed by atoms with Crippen LogP contribution in [0, 0.1) is 0 Å². The van der Waals surface area contributed by atoms with E-state index in [0.717, 1.165) is 25.9 Å². The molecule has 1 amide bonds. The molecule has 1 aromatic heterocycles. The molecule has 1 aliphatic heterocycles. The van der Waals surface area contributed by atoms with E-state index in [1.807, 2.05) is 0 Å². The molecule has 1 aliphatic rings. The first-order valence-electron chi connectivity index (χ1n) is 5.61. The summed E-state index contributed by atoms with van der Waals surface area (Å²) in [4.78, 5) is 15.2. The van der Waals surface area contributed by atoms with Gasteiger partial charge in [0.1, 0.15) is 6.33 Å². The van der Waals surface area contributed by atoms with Gasteiger partial charge >= 0.3 is 0 Å². The van der Waals surface area contributed by atoms with Gasteiger partial charge in [-0.05, 0) is 25.7 Å². The van der Waals surface area contributed by atoms with Crippen molar-refractivity contribution < 1.29 is 9.53 Å². The summed E-state index contributed by atoms with van der Waals surface area (Å²) in [6, 6.07) is 0. The lowest BCUT2D eigenvalue weighted by Gasteiger charge is -2.22. The third-order valence-corrected chi connectivity index (χ3v) is 2.66. The number of nitrogens with one attached hydrogen (secondary N) is 2. The number of carbonyl (C=O) groups is 1. The molecule has 0 spiro atoms. The minimum absolute atomic E-state index is 0.215. The van der Waals surface area contributed by atoms with Crippen molar-refractivity contribution >= 4 is 5.91 Å². The minimum Gasteiger partial charge on any atom is -0.378 e. The highest BCUT2D eigenvalue weighted by Crippen LogP contribution is 2.14. The maximum Gasteiger partial charge on any atom is 0.288 e. The molecule has 0 saturated carbocycles. The van der Waals surface area contributed by atoms with Crippen LogP contribution in [0.4, 0.5) is 0 Å². The average molecular weight is 224 g/mol. The lowest BCUT2D eigenvalue weighted by Crippen LogP contribution is -2.30. The third-order valence-electron chi connectivity index (χ3n) is 2.66. The maximum absolute atomic E-state index is 11.5. The molecule has 2 heterocycles. The molecule has 1 saturated heterocycles. The van der Waals surface area contributed by atoms with Crippen LogP contribution in [0.25, 0.3) is 0 Å². The predicted molar refractivity (Wildman–Crippen MR) is 56.9 cm³/mol. The normalized spacial score (nSPS) is 20.6. The molecule has 16 heavy (non-hydrogen) atoms. The Balaban J connectivity index is 1.66. The zero-order valence-electron chi connectivity index (χ0n) is 9.11. The number of aromatic nitrogens is 3. The summed E-state index contributed by atoms with van der Waals surface area (Å²) < 4.78 is 5.56. The van der Waals surface area contributed by atoms with E-state index in [4.69, 9.17) is 4.74 Å². The van der Waals surface area contributed by atoms with Gasteiger partial charge in [-0.2, -0.15) is 5.10 Å². The van der Waals surface area contributed by atoms with Crippen LogP contribution in [-0.4, -0.2) is 40.3 Å². The number of H-pyrrole nitrogens is 1. The van der Waals surface area contributed by atoms with E-state index < -0.39 is 0 Å². The third kappa shape index (κ3) is 3.03. The van der Waals surface area contributed by atoms with Crippen molar-refractivity contribution in [2.45, 2.75) is 31.8 Å². The molecule has 2 rings (SSSR count). The number of aromatic amines is 1. The molecule has 1 fully saturated rings. The summed E-state index contributed by atoms with van der Waals surface area (Å²) in [6.07, 6.45) is 5.95. The van der Waals surface area contributed by atoms with Gasteiger partial charge in [0.2, 0.25) is 5.82 Å². The van der Waals surface area contributed by atoms with Crippen molar-refractivity contribution in [2.75, 3.05) is 13.2 Å². The van der Waals surface area contributed by atoms with Crippen molar-refractivity contribution in [3.8, 4) is 0 Å². The van der Waals surface area contributed by atoms with Gasteiger partial charge in [0.25, 0.3) is 5.91 Å². The molecule has 0 radical (unpaired) electrons. The summed E-state index contributed by atoms with van der Waals surface area (Å²) in [5, 5.41) is 8.92. The molecule has 1 aromatic rings. The standard InChI is InChI=1S/C10H16N4O2/c15-10(9-12-7-13-14-9)11-5-4-8-3-1-2-6-16-8/h7-8H,1-6H2,(H,11,15)(H,12,13,14). The van der Waals surface area contributed by atoms with Crippen molar-refractivity contribution in [3.05, 3.63) is 12.2 Å². The molecular weight excluding hydrogens is 208 g/mol. The predicted octanol–water partition coefficient (Wildman–Crippen LogP) is 0.494. The Kier molecular flexibility index (Phi) is 3.87. The highest BCUT2D eigenvalue weighted by molar-refractivity contribution is 5.90. The molecule has 2 N–H and O–H groups in total. The van der Waals surface area contributed by atoms with Crippen molar-refractivity contribution in [2.24, 2.45) is 0 Å². The maximum atomic E-state index is 11.5. The SMILES string of the molecule is O=C(NCCC1CCCCO1)c1ncn[nH]1. The van der Waals surface area contributed by atoms with Crippen LogP contribution >= 0.6 is 0 Å². The first kappa shape index (κ1) is 11.1. The smallest absolute Gasteiger partial charge is 0.288 e. The van der Waals surface area contributed by atoms with Crippen LogP contribution in [0.3, 0.4) is 0 Å². The van der Waals surface area contributed by atoms with E-state index in [9.17, 15) is 4.79 Å². The molecular formula is C10H16N4O2. The lowest BCUT2D eigenvalue weighted by molar-refractivity contribution is 0.0117. The number of amides is 1. The van der Waals surface area contributed by atoms with Crippen LogP contribution in [-0.2, 0) is 4.74 Å². The Bertz CT molecular complexity index is 320. The second kappa shape index (κ2) is 5.60. The second-order valence-corrected chi connectivity index (χ2v) is 3.87. The monoisotopic (exact) mass is 224 g/mol. The van der Waals surface area contributed by atoms with Crippen LogP contribution in [0.5, 0.6) is 0 Å². The van der Waals surface area contributed by atoms with Crippen molar-refractivity contribution in [3.63, 3.8) is 0 Å². The Hall–Kier alpha value is -1.43. The Labute approximate surface area is 93.8 Å². The van der Waals surface area contributed by atoms with E-state index in [2.05, 4.69) is 20.5 Å². The fraction of sp³-hybridized carbons (Fsp3) is 0.700. The highest BCUT2D eigenvalue weighted by atomic mass is 16.5. The fourth-order valence-electron chi connectivity index (χ4n) is 1.78. The zero-order chi connectivity index (χ0) is 11.2. The number of rotatable bonds is 4. The van der Waals surface area contributed by atoms with Gasteiger partial charge in [-0.15, -0.1) is 0 Å². The van der Waals surface area contributed by atoms with Crippen molar-refractivity contribution in [1.29, 1.82) is 0 Å². The first-order chi connectivity index (χ1) is 7.86. The van der Waals surface area contributed by atoms with E-state index in [1.165, 1.54) is 12.7 Å². The Morgan fingerprint density at radius 3 is 3.25 bits per heavy atom. The van der Waals surface area contributed by atoms with Crippen LogP contribution < -0.4 is 5.32 Å². The summed E-state index contributed by atoms with van der Waals surface area (Å²) in [6.45, 7) is 1.46. The lowest BCUT2D eigenvalue weighted by atomic mass is 10.1. The van der Waals surface area contributed by atoms with E-state index >= 15 is 0 Å².